The maximum Gasteiger partial charge on any atom is 0.326 e. The molecular weight excluding hydrogens is 382 g/mol. The van der Waals surface area contributed by atoms with Crippen molar-refractivity contribution >= 4 is 33.4 Å². The number of nitrogens with zero attached hydrogens (tertiary/aromatic N) is 2. The number of anilines is 1. The lowest BCUT2D eigenvalue weighted by Gasteiger charge is -2.19. The van der Waals surface area contributed by atoms with E-state index in [2.05, 4.69) is 9.71 Å². The molecule has 2 aromatic carbocycles. The molecule has 2 aromatic rings. The van der Waals surface area contributed by atoms with Crippen molar-refractivity contribution in [2.24, 2.45) is 4.40 Å². The summed E-state index contributed by atoms with van der Waals surface area (Å²) in [5, 5.41) is 2.65. The summed E-state index contributed by atoms with van der Waals surface area (Å²) in [6.07, 6.45) is -1.01. The molecule has 8 nitrogen and oxygen atoms in total. The van der Waals surface area contributed by atoms with Crippen LogP contribution in [0.3, 0.4) is 0 Å². The second-order valence-electron chi connectivity index (χ2n) is 6.23. The van der Waals surface area contributed by atoms with Crippen LogP contribution >= 0.6 is 0 Å². The molecule has 1 atom stereocenters. The number of sulfonamides is 1. The highest BCUT2D eigenvalue weighted by atomic mass is 32.2. The van der Waals surface area contributed by atoms with E-state index in [0.717, 1.165) is 0 Å². The Labute approximate surface area is 162 Å². The maximum atomic E-state index is 12.2. The standard InChI is InChI=1S/C19H19N3O5S/c1-13(19(24)20-14-8-4-3-5-9-14)27-17(23)12-22(2)18-15-10-6-7-11-16(15)28(25,26)21-18/h3-11,13H,12H2,1-2H3,(H,20,24)/t13-/m1/s1. The molecule has 0 aliphatic carbocycles. The molecule has 146 valence electrons. The first-order valence-electron chi connectivity index (χ1n) is 8.49. The lowest BCUT2D eigenvalue weighted by molar-refractivity contribution is -0.153. The molecule has 3 rings (SSSR count). The number of hydrogen-bond donors (Lipinski definition) is 1. The van der Waals surface area contributed by atoms with Crippen LogP contribution < -0.4 is 5.32 Å². The summed E-state index contributed by atoms with van der Waals surface area (Å²) in [4.78, 5) is 25.8. The summed E-state index contributed by atoms with van der Waals surface area (Å²) >= 11 is 0. The Kier molecular flexibility index (Phi) is 5.46. The number of esters is 1. The summed E-state index contributed by atoms with van der Waals surface area (Å²) < 4.78 is 33.1. The molecule has 0 bridgehead atoms. The summed E-state index contributed by atoms with van der Waals surface area (Å²) in [5.74, 6) is -0.982. The van der Waals surface area contributed by atoms with E-state index in [-0.39, 0.29) is 17.3 Å². The monoisotopic (exact) mass is 401 g/mol. The van der Waals surface area contributed by atoms with Crippen LogP contribution in [0.15, 0.2) is 63.9 Å². The summed E-state index contributed by atoms with van der Waals surface area (Å²) in [7, 11) is -2.24. The molecule has 1 heterocycles. The van der Waals surface area contributed by atoms with Crippen LogP contribution in [0.5, 0.6) is 0 Å². The fourth-order valence-electron chi connectivity index (χ4n) is 2.69. The van der Waals surface area contributed by atoms with Gasteiger partial charge in [-0.1, -0.05) is 30.3 Å². The number of benzene rings is 2. The Morgan fingerprint density at radius 3 is 2.46 bits per heavy atom. The van der Waals surface area contributed by atoms with Crippen LogP contribution in [-0.2, 0) is 24.3 Å². The van der Waals surface area contributed by atoms with Gasteiger partial charge in [-0.25, -0.2) is 0 Å². The molecule has 28 heavy (non-hydrogen) atoms. The normalized spacial score (nSPS) is 15.1. The number of carbonyl (C=O) groups is 2. The molecule has 0 spiro atoms. The smallest absolute Gasteiger partial charge is 0.326 e. The molecule has 1 aliphatic rings. The van der Waals surface area contributed by atoms with Gasteiger partial charge >= 0.3 is 5.97 Å². The van der Waals surface area contributed by atoms with E-state index in [4.69, 9.17) is 4.74 Å². The number of ether oxygens (including phenoxy) is 1. The summed E-state index contributed by atoms with van der Waals surface area (Å²) in [5.41, 5.74) is 1.02. The van der Waals surface area contributed by atoms with E-state index in [1.165, 1.54) is 24.9 Å². The Hall–Kier alpha value is -3.20. The zero-order valence-corrected chi connectivity index (χ0v) is 16.1. The van der Waals surface area contributed by atoms with Gasteiger partial charge in [-0.15, -0.1) is 4.40 Å². The molecule has 1 N–H and O–H groups in total. The number of amidine groups is 1. The fraction of sp³-hybridized carbons (Fsp3) is 0.211. The van der Waals surface area contributed by atoms with Crippen molar-refractivity contribution in [1.29, 1.82) is 0 Å². The Morgan fingerprint density at radius 2 is 1.75 bits per heavy atom. The molecule has 0 unspecified atom stereocenters. The van der Waals surface area contributed by atoms with Gasteiger partial charge in [0.15, 0.2) is 11.9 Å². The number of rotatable bonds is 5. The first-order chi connectivity index (χ1) is 13.3. The van der Waals surface area contributed by atoms with Gasteiger partial charge in [-0.2, -0.15) is 8.42 Å². The van der Waals surface area contributed by atoms with Gasteiger partial charge < -0.3 is 15.0 Å². The first-order valence-corrected chi connectivity index (χ1v) is 9.93. The third kappa shape index (κ3) is 4.20. The number of amides is 1. The van der Waals surface area contributed by atoms with Crippen molar-refractivity contribution in [1.82, 2.24) is 4.90 Å². The number of carbonyl (C=O) groups excluding carboxylic acids is 2. The van der Waals surface area contributed by atoms with E-state index in [1.807, 2.05) is 6.07 Å². The van der Waals surface area contributed by atoms with Crippen molar-refractivity contribution in [3.05, 3.63) is 60.2 Å². The van der Waals surface area contributed by atoms with Gasteiger partial charge in [0.25, 0.3) is 15.9 Å². The molecule has 9 heteroatoms. The Bertz CT molecular complexity index is 1030. The van der Waals surface area contributed by atoms with Gasteiger partial charge in [0.1, 0.15) is 11.4 Å². The van der Waals surface area contributed by atoms with Gasteiger partial charge in [-0.3, -0.25) is 9.59 Å². The molecule has 0 saturated heterocycles. The highest BCUT2D eigenvalue weighted by Crippen LogP contribution is 2.26. The van der Waals surface area contributed by atoms with Crippen molar-refractivity contribution in [3.8, 4) is 0 Å². The molecule has 0 saturated carbocycles. The average molecular weight is 401 g/mol. The third-order valence-corrected chi connectivity index (χ3v) is 5.38. The predicted octanol–water partition coefficient (Wildman–Crippen LogP) is 1.64. The zero-order valence-electron chi connectivity index (χ0n) is 15.3. The average Bonchev–Trinajstić information content (AvgIpc) is 2.94. The van der Waals surface area contributed by atoms with Crippen LogP contribution in [0, 0.1) is 0 Å². The van der Waals surface area contributed by atoms with Gasteiger partial charge in [-0.05, 0) is 31.2 Å². The van der Waals surface area contributed by atoms with Crippen molar-refractivity contribution in [2.75, 3.05) is 18.9 Å². The summed E-state index contributed by atoms with van der Waals surface area (Å²) in [6.45, 7) is 1.20. The minimum Gasteiger partial charge on any atom is -0.451 e. The van der Waals surface area contributed by atoms with Gasteiger partial charge in [0.2, 0.25) is 0 Å². The van der Waals surface area contributed by atoms with Crippen LogP contribution in [0.4, 0.5) is 5.69 Å². The second kappa shape index (κ2) is 7.81. The molecule has 1 amide bonds. The number of hydrogen-bond acceptors (Lipinski definition) is 6. The predicted molar refractivity (Wildman–Crippen MR) is 103 cm³/mol. The topological polar surface area (TPSA) is 105 Å². The fourth-order valence-corrected chi connectivity index (χ4v) is 3.94. The molecule has 1 aliphatic heterocycles. The van der Waals surface area contributed by atoms with E-state index in [9.17, 15) is 18.0 Å². The van der Waals surface area contributed by atoms with Crippen LogP contribution in [-0.4, -0.2) is 50.7 Å². The van der Waals surface area contributed by atoms with Crippen molar-refractivity contribution in [3.63, 3.8) is 0 Å². The number of nitrogens with one attached hydrogen (secondary N) is 1. The third-order valence-electron chi connectivity index (χ3n) is 4.06. The maximum absolute atomic E-state index is 12.2. The van der Waals surface area contributed by atoms with E-state index >= 15 is 0 Å². The second-order valence-corrected chi connectivity index (χ2v) is 7.80. The minimum absolute atomic E-state index is 0.0980. The molecule has 0 radical (unpaired) electrons. The Balaban J connectivity index is 1.61. The quantitative estimate of drug-likeness (QED) is 0.764. The lowest BCUT2D eigenvalue weighted by Crippen LogP contribution is -2.37. The van der Waals surface area contributed by atoms with Gasteiger partial charge in [0.05, 0.1) is 0 Å². The highest BCUT2D eigenvalue weighted by molar-refractivity contribution is 7.90. The van der Waals surface area contributed by atoms with Crippen molar-refractivity contribution in [2.45, 2.75) is 17.9 Å². The van der Waals surface area contributed by atoms with Crippen LogP contribution in [0.2, 0.25) is 0 Å². The van der Waals surface area contributed by atoms with Crippen LogP contribution in [0.1, 0.15) is 12.5 Å². The number of fused-ring (bicyclic) bond motifs is 1. The van der Waals surface area contributed by atoms with E-state index in [1.54, 1.807) is 42.5 Å². The minimum atomic E-state index is -3.78. The Morgan fingerprint density at radius 1 is 1.11 bits per heavy atom. The highest BCUT2D eigenvalue weighted by Gasteiger charge is 2.31. The summed E-state index contributed by atoms with van der Waals surface area (Å²) in [6, 6.07) is 15.2. The first kappa shape index (κ1) is 19.6. The van der Waals surface area contributed by atoms with Crippen LogP contribution in [0.25, 0.3) is 0 Å². The SMILES string of the molecule is C[C@@H](OC(=O)CN(C)C1=NS(=O)(=O)c2ccccc21)C(=O)Nc1ccccc1. The number of para-hydroxylation sites is 1. The molecule has 0 aromatic heterocycles. The molecular formula is C19H19N3O5S. The molecule has 0 fully saturated rings. The van der Waals surface area contributed by atoms with E-state index < -0.39 is 28.0 Å². The van der Waals surface area contributed by atoms with Gasteiger partial charge in [0, 0.05) is 18.3 Å². The number of likely N-dealkylation sites (N-methyl/N-ethyl adjacent to an activating group) is 1. The largest absolute Gasteiger partial charge is 0.451 e. The lowest BCUT2D eigenvalue weighted by atomic mass is 10.2. The van der Waals surface area contributed by atoms with E-state index in [0.29, 0.717) is 11.3 Å². The zero-order chi connectivity index (χ0) is 20.3. The van der Waals surface area contributed by atoms with Crippen molar-refractivity contribution < 1.29 is 22.7 Å².